The van der Waals surface area contributed by atoms with E-state index in [-0.39, 0.29) is 6.04 Å². The lowest BCUT2D eigenvalue weighted by atomic mass is 9.99. The van der Waals surface area contributed by atoms with Crippen LogP contribution in [-0.2, 0) is 28.2 Å². The normalized spacial score (nSPS) is 13.9. The molecule has 0 unspecified atom stereocenters. The second-order valence-electron chi connectivity index (χ2n) is 8.56. The van der Waals surface area contributed by atoms with Crippen LogP contribution in [0, 0.1) is 20.8 Å². The van der Waals surface area contributed by atoms with E-state index in [4.69, 9.17) is 0 Å². The van der Waals surface area contributed by atoms with Gasteiger partial charge in [0.25, 0.3) is 0 Å². The summed E-state index contributed by atoms with van der Waals surface area (Å²) in [5, 5.41) is 0. The lowest BCUT2D eigenvalue weighted by molar-refractivity contribution is 0.620. The zero-order chi connectivity index (χ0) is 24.1. The van der Waals surface area contributed by atoms with Crippen molar-refractivity contribution >= 4 is 21.8 Å². The van der Waals surface area contributed by atoms with E-state index >= 15 is 0 Å². The van der Waals surface area contributed by atoms with Gasteiger partial charge in [-0.1, -0.05) is 83.4 Å². The maximum atomic E-state index is 13.4. The lowest BCUT2D eigenvalue weighted by Gasteiger charge is -2.21. The first-order valence-corrected chi connectivity index (χ1v) is 13.6. The largest absolute Gasteiger partial charge is 0.249 e. The average Bonchev–Trinajstić information content (AvgIpc) is 2.85. The third-order valence-electron chi connectivity index (χ3n) is 5.80. The molecule has 4 aromatic carbocycles. The Hall–Kier alpha value is -2.86. The SMILES string of the molecule is Cc1ccc([C@H](Cc2ccccc2[S@@](=O)c2ccc(C)cc2)N[S@@](=O)c2ccc(C)cc2)cc1. The minimum atomic E-state index is -1.38. The van der Waals surface area contributed by atoms with Crippen molar-refractivity contribution in [1.82, 2.24) is 4.72 Å². The number of benzene rings is 4. The molecule has 0 aliphatic carbocycles. The Morgan fingerprint density at radius 2 is 1.15 bits per heavy atom. The van der Waals surface area contributed by atoms with Crippen molar-refractivity contribution in [2.24, 2.45) is 0 Å². The van der Waals surface area contributed by atoms with Gasteiger partial charge in [-0.15, -0.1) is 0 Å². The highest BCUT2D eigenvalue weighted by molar-refractivity contribution is 7.85. The third kappa shape index (κ3) is 5.98. The third-order valence-corrected chi connectivity index (χ3v) is 8.49. The molecule has 174 valence electrons. The van der Waals surface area contributed by atoms with E-state index in [1.165, 1.54) is 5.56 Å². The molecule has 3 atom stereocenters. The summed E-state index contributed by atoms with van der Waals surface area (Å²) in [6.07, 6.45) is 0.564. The lowest BCUT2D eigenvalue weighted by Crippen LogP contribution is -2.26. The van der Waals surface area contributed by atoms with Crippen LogP contribution in [0.15, 0.2) is 112 Å². The van der Waals surface area contributed by atoms with Crippen LogP contribution in [0.3, 0.4) is 0 Å². The van der Waals surface area contributed by atoms with Gasteiger partial charge in [0.1, 0.15) is 11.0 Å². The number of hydrogen-bond acceptors (Lipinski definition) is 2. The van der Waals surface area contributed by atoms with Crippen LogP contribution in [0.4, 0.5) is 0 Å². The van der Waals surface area contributed by atoms with Crippen molar-refractivity contribution in [2.45, 2.75) is 47.9 Å². The Kier molecular flexibility index (Phi) is 7.88. The minimum Gasteiger partial charge on any atom is -0.249 e. The number of nitrogens with one attached hydrogen (secondary N) is 1. The zero-order valence-electron chi connectivity index (χ0n) is 19.7. The smallest absolute Gasteiger partial charge is 0.125 e. The molecule has 0 fully saturated rings. The highest BCUT2D eigenvalue weighted by Crippen LogP contribution is 2.27. The van der Waals surface area contributed by atoms with E-state index < -0.39 is 21.8 Å². The molecule has 0 aliphatic heterocycles. The van der Waals surface area contributed by atoms with E-state index in [0.717, 1.165) is 36.9 Å². The molecule has 0 bridgehead atoms. The Balaban J connectivity index is 1.66. The van der Waals surface area contributed by atoms with E-state index in [2.05, 4.69) is 35.9 Å². The minimum absolute atomic E-state index is 0.209. The second-order valence-corrected chi connectivity index (χ2v) is 11.2. The summed E-state index contributed by atoms with van der Waals surface area (Å²) >= 11 is 0. The molecule has 0 saturated carbocycles. The van der Waals surface area contributed by atoms with Crippen LogP contribution in [0.1, 0.15) is 33.9 Å². The Bertz CT molecular complexity index is 1300. The van der Waals surface area contributed by atoms with Crippen molar-refractivity contribution in [3.8, 4) is 0 Å². The fraction of sp³-hybridized carbons (Fsp3) is 0.172. The quantitative estimate of drug-likeness (QED) is 0.314. The predicted molar refractivity (Wildman–Crippen MR) is 141 cm³/mol. The predicted octanol–water partition coefficient (Wildman–Crippen LogP) is 6.37. The van der Waals surface area contributed by atoms with Gasteiger partial charge in [0.15, 0.2) is 0 Å². The summed E-state index contributed by atoms with van der Waals surface area (Å²) in [4.78, 5) is 2.30. The molecule has 0 spiro atoms. The van der Waals surface area contributed by atoms with E-state index in [9.17, 15) is 8.42 Å². The zero-order valence-corrected chi connectivity index (χ0v) is 21.3. The Morgan fingerprint density at radius 1 is 0.647 bits per heavy atom. The van der Waals surface area contributed by atoms with Crippen LogP contribution >= 0.6 is 0 Å². The van der Waals surface area contributed by atoms with Gasteiger partial charge in [-0.3, -0.25) is 0 Å². The van der Waals surface area contributed by atoms with Gasteiger partial charge < -0.3 is 0 Å². The first-order chi connectivity index (χ1) is 16.4. The van der Waals surface area contributed by atoms with Gasteiger partial charge >= 0.3 is 0 Å². The summed E-state index contributed by atoms with van der Waals surface area (Å²) in [6.45, 7) is 6.09. The van der Waals surface area contributed by atoms with E-state index in [1.54, 1.807) is 0 Å². The van der Waals surface area contributed by atoms with Crippen LogP contribution < -0.4 is 4.72 Å². The van der Waals surface area contributed by atoms with Crippen LogP contribution in [0.5, 0.6) is 0 Å². The molecule has 4 aromatic rings. The molecular weight excluding hydrogens is 458 g/mol. The van der Waals surface area contributed by atoms with Gasteiger partial charge in [-0.05, 0) is 68.7 Å². The number of aryl methyl sites for hydroxylation is 3. The van der Waals surface area contributed by atoms with Crippen molar-refractivity contribution < 1.29 is 8.42 Å². The van der Waals surface area contributed by atoms with Gasteiger partial charge in [0.2, 0.25) is 0 Å². The standard InChI is InChI=1S/C29H29NO2S2/c1-21-8-14-24(15-9-21)28(30-34(32)27-18-12-23(3)13-19-27)20-25-6-4-5-7-29(25)33(31)26-16-10-22(2)11-17-26/h4-19,28,30H,20H2,1-3H3/t28-,33-,34-/m0/s1. The summed E-state index contributed by atoms with van der Waals surface area (Å²) in [5.41, 5.74) is 5.45. The molecule has 34 heavy (non-hydrogen) atoms. The number of rotatable bonds is 8. The molecule has 0 aromatic heterocycles. The monoisotopic (exact) mass is 487 g/mol. The van der Waals surface area contributed by atoms with Gasteiger partial charge in [-0.2, -0.15) is 0 Å². The molecule has 3 nitrogen and oxygen atoms in total. The molecular formula is C29H29NO2S2. The molecule has 0 radical (unpaired) electrons. The fourth-order valence-electron chi connectivity index (χ4n) is 3.75. The van der Waals surface area contributed by atoms with Crippen molar-refractivity contribution in [3.05, 3.63) is 125 Å². The van der Waals surface area contributed by atoms with Crippen LogP contribution in [0.25, 0.3) is 0 Å². The maximum Gasteiger partial charge on any atom is 0.125 e. The highest BCUT2D eigenvalue weighted by atomic mass is 32.2. The number of hydrogen-bond donors (Lipinski definition) is 1. The van der Waals surface area contributed by atoms with Crippen molar-refractivity contribution in [3.63, 3.8) is 0 Å². The van der Waals surface area contributed by atoms with Gasteiger partial charge in [0.05, 0.1) is 15.7 Å². The van der Waals surface area contributed by atoms with Crippen LogP contribution in [0.2, 0.25) is 0 Å². The van der Waals surface area contributed by atoms with Gasteiger partial charge in [-0.25, -0.2) is 13.1 Å². The van der Waals surface area contributed by atoms with E-state index in [1.807, 2.05) is 86.6 Å². The maximum absolute atomic E-state index is 13.4. The van der Waals surface area contributed by atoms with Crippen molar-refractivity contribution in [2.75, 3.05) is 0 Å². The summed E-state index contributed by atoms with van der Waals surface area (Å²) in [7, 11) is -2.68. The molecule has 5 heteroatoms. The topological polar surface area (TPSA) is 46.2 Å². The molecule has 0 saturated heterocycles. The fourth-order valence-corrected chi connectivity index (χ4v) is 5.97. The molecule has 1 N–H and O–H groups in total. The van der Waals surface area contributed by atoms with E-state index in [0.29, 0.717) is 6.42 Å². The molecule has 0 heterocycles. The molecule has 0 aliphatic rings. The van der Waals surface area contributed by atoms with Gasteiger partial charge in [0, 0.05) is 15.8 Å². The Morgan fingerprint density at radius 3 is 1.74 bits per heavy atom. The Labute approximate surface area is 207 Å². The first-order valence-electron chi connectivity index (χ1n) is 11.3. The molecule has 0 amide bonds. The van der Waals surface area contributed by atoms with Crippen molar-refractivity contribution in [1.29, 1.82) is 0 Å². The van der Waals surface area contributed by atoms with Crippen LogP contribution in [-0.4, -0.2) is 8.42 Å². The summed E-state index contributed by atoms with van der Waals surface area (Å²) < 4.78 is 30.0. The first kappa shape index (κ1) is 24.3. The highest BCUT2D eigenvalue weighted by Gasteiger charge is 2.20. The second kappa shape index (κ2) is 11.0. The average molecular weight is 488 g/mol. The summed E-state index contributed by atoms with van der Waals surface area (Å²) in [6, 6.07) is 31.4. The summed E-state index contributed by atoms with van der Waals surface area (Å²) in [5.74, 6) is 0. The molecule has 4 rings (SSSR count).